The number of esters is 1. The Labute approximate surface area is 103 Å². The largest absolute Gasteiger partial charge is 0.458 e. The molecule has 0 amide bonds. The van der Waals surface area contributed by atoms with Gasteiger partial charge in [-0.3, -0.25) is 0 Å². The quantitative estimate of drug-likeness (QED) is 0.364. The highest BCUT2D eigenvalue weighted by Crippen LogP contribution is 2.56. The van der Waals surface area contributed by atoms with Crippen molar-refractivity contribution < 1.29 is 9.53 Å². The summed E-state index contributed by atoms with van der Waals surface area (Å²) < 4.78 is 5.46. The van der Waals surface area contributed by atoms with Crippen LogP contribution in [0.2, 0.25) is 0 Å². The molecule has 0 aromatic carbocycles. The summed E-state index contributed by atoms with van der Waals surface area (Å²) in [6, 6.07) is 0. The molecule has 2 heteroatoms. The van der Waals surface area contributed by atoms with Gasteiger partial charge in [0.05, 0.1) is 0 Å². The first-order valence-electron chi connectivity index (χ1n) is 6.59. The monoisotopic (exact) mass is 232 g/mol. The fourth-order valence-corrected chi connectivity index (χ4v) is 4.12. The standard InChI is InChI=1S/C15H20O2/c1-9-5-4-6-15(3)8-13-11(7-12(9)15)10(2)14(16)17-13/h11-13H,1-2,4-8H2,3H3/t11-,12-,13+,15-/m1/s1. The summed E-state index contributed by atoms with van der Waals surface area (Å²) in [6.07, 6.45) is 5.72. The van der Waals surface area contributed by atoms with Crippen LogP contribution in [-0.2, 0) is 9.53 Å². The van der Waals surface area contributed by atoms with E-state index in [0.717, 1.165) is 19.3 Å². The second-order valence-corrected chi connectivity index (χ2v) is 6.23. The molecule has 0 bridgehead atoms. The molecule has 4 atom stereocenters. The Morgan fingerprint density at radius 2 is 2.18 bits per heavy atom. The van der Waals surface area contributed by atoms with Gasteiger partial charge in [0.15, 0.2) is 0 Å². The molecule has 1 aliphatic heterocycles. The number of hydrogen-bond donors (Lipinski definition) is 0. The highest BCUT2D eigenvalue weighted by Gasteiger charge is 2.52. The zero-order valence-corrected chi connectivity index (χ0v) is 10.5. The van der Waals surface area contributed by atoms with Gasteiger partial charge in [-0.25, -0.2) is 4.79 Å². The maximum absolute atomic E-state index is 11.6. The minimum absolute atomic E-state index is 0.0853. The van der Waals surface area contributed by atoms with Gasteiger partial charge < -0.3 is 4.74 Å². The average molecular weight is 232 g/mol. The van der Waals surface area contributed by atoms with Crippen LogP contribution in [0.3, 0.4) is 0 Å². The summed E-state index contributed by atoms with van der Waals surface area (Å²) in [4.78, 5) is 11.6. The van der Waals surface area contributed by atoms with Crippen LogP contribution in [0.5, 0.6) is 0 Å². The molecule has 17 heavy (non-hydrogen) atoms. The summed E-state index contributed by atoms with van der Waals surface area (Å²) in [6.45, 7) is 10.5. The molecule has 0 aromatic rings. The molecular formula is C15H20O2. The highest BCUT2D eigenvalue weighted by atomic mass is 16.6. The minimum atomic E-state index is -0.173. The van der Waals surface area contributed by atoms with Gasteiger partial charge in [0.25, 0.3) is 0 Å². The normalized spacial score (nSPS) is 45.2. The van der Waals surface area contributed by atoms with Gasteiger partial charge >= 0.3 is 5.97 Å². The number of fused-ring (bicyclic) bond motifs is 2. The number of carbonyl (C=O) groups is 1. The van der Waals surface area contributed by atoms with Crippen molar-refractivity contribution in [2.75, 3.05) is 0 Å². The molecule has 92 valence electrons. The molecule has 0 radical (unpaired) electrons. The smallest absolute Gasteiger partial charge is 0.334 e. The Hall–Kier alpha value is -1.05. The molecule has 0 aromatic heterocycles. The van der Waals surface area contributed by atoms with Crippen molar-refractivity contribution in [3.05, 3.63) is 24.3 Å². The third-order valence-electron chi connectivity index (χ3n) is 5.15. The van der Waals surface area contributed by atoms with E-state index < -0.39 is 0 Å². The van der Waals surface area contributed by atoms with Crippen LogP contribution in [-0.4, -0.2) is 12.1 Å². The van der Waals surface area contributed by atoms with Crippen LogP contribution in [0, 0.1) is 17.3 Å². The molecule has 1 heterocycles. The van der Waals surface area contributed by atoms with Crippen LogP contribution >= 0.6 is 0 Å². The minimum Gasteiger partial charge on any atom is -0.458 e. The first kappa shape index (κ1) is 11.1. The summed E-state index contributed by atoms with van der Waals surface area (Å²) in [5.41, 5.74) is 2.36. The predicted octanol–water partition coefficient (Wildman–Crippen LogP) is 3.24. The molecule has 0 unspecified atom stereocenters. The van der Waals surface area contributed by atoms with Crippen molar-refractivity contribution in [1.29, 1.82) is 0 Å². The SMILES string of the molecule is C=C1C(=O)O[C@H]2C[C@@]3(C)CCCC(=C)[C@H]3C[C@H]12. The van der Waals surface area contributed by atoms with Crippen LogP contribution in [0.1, 0.15) is 39.0 Å². The van der Waals surface area contributed by atoms with Crippen molar-refractivity contribution in [2.45, 2.75) is 45.1 Å². The molecule has 0 N–H and O–H groups in total. The lowest BCUT2D eigenvalue weighted by molar-refractivity contribution is -0.142. The Bertz CT molecular complexity index is 409. The maximum atomic E-state index is 11.6. The van der Waals surface area contributed by atoms with Gasteiger partial charge in [0.1, 0.15) is 6.10 Å². The Morgan fingerprint density at radius 3 is 2.94 bits per heavy atom. The maximum Gasteiger partial charge on any atom is 0.334 e. The molecule has 2 nitrogen and oxygen atoms in total. The topological polar surface area (TPSA) is 26.3 Å². The number of ether oxygens (including phenoxy) is 1. The Morgan fingerprint density at radius 1 is 1.41 bits per heavy atom. The molecule has 0 spiro atoms. The lowest BCUT2D eigenvalue weighted by Crippen LogP contribution is -2.43. The van der Waals surface area contributed by atoms with Crippen molar-refractivity contribution in [3.63, 3.8) is 0 Å². The van der Waals surface area contributed by atoms with Crippen molar-refractivity contribution in [1.82, 2.24) is 0 Å². The van der Waals surface area contributed by atoms with E-state index in [2.05, 4.69) is 20.1 Å². The van der Waals surface area contributed by atoms with E-state index in [9.17, 15) is 4.79 Å². The van der Waals surface area contributed by atoms with Gasteiger partial charge in [-0.05, 0) is 43.4 Å². The molecule has 3 fully saturated rings. The van der Waals surface area contributed by atoms with Crippen molar-refractivity contribution >= 4 is 5.97 Å². The predicted molar refractivity (Wildman–Crippen MR) is 66.3 cm³/mol. The Kier molecular flexibility index (Phi) is 2.26. The van der Waals surface area contributed by atoms with E-state index in [4.69, 9.17) is 4.74 Å². The van der Waals surface area contributed by atoms with E-state index in [1.54, 1.807) is 0 Å². The van der Waals surface area contributed by atoms with E-state index in [1.807, 2.05) is 0 Å². The Balaban J connectivity index is 1.91. The van der Waals surface area contributed by atoms with Crippen molar-refractivity contribution in [3.8, 4) is 0 Å². The lowest BCUT2D eigenvalue weighted by atomic mass is 9.56. The van der Waals surface area contributed by atoms with Crippen LogP contribution in [0.15, 0.2) is 24.3 Å². The third kappa shape index (κ3) is 1.50. The molecule has 1 saturated heterocycles. The zero-order valence-electron chi connectivity index (χ0n) is 10.5. The average Bonchev–Trinajstić information content (AvgIpc) is 2.52. The first-order valence-corrected chi connectivity index (χ1v) is 6.59. The number of hydrogen-bond acceptors (Lipinski definition) is 2. The molecule has 2 aliphatic carbocycles. The van der Waals surface area contributed by atoms with E-state index >= 15 is 0 Å². The third-order valence-corrected chi connectivity index (χ3v) is 5.15. The molecule has 3 aliphatic rings. The van der Waals surface area contributed by atoms with E-state index in [1.165, 1.54) is 18.4 Å². The molecule has 3 rings (SSSR count). The highest BCUT2D eigenvalue weighted by molar-refractivity contribution is 5.90. The van der Waals surface area contributed by atoms with Gasteiger partial charge in [-0.2, -0.15) is 0 Å². The fraction of sp³-hybridized carbons (Fsp3) is 0.667. The molecular weight excluding hydrogens is 212 g/mol. The van der Waals surface area contributed by atoms with Crippen molar-refractivity contribution in [2.24, 2.45) is 17.3 Å². The van der Waals surface area contributed by atoms with Gasteiger partial charge in [0.2, 0.25) is 0 Å². The number of rotatable bonds is 0. The summed E-state index contributed by atoms with van der Waals surface area (Å²) >= 11 is 0. The summed E-state index contributed by atoms with van der Waals surface area (Å²) in [5, 5.41) is 0. The lowest BCUT2D eigenvalue weighted by Gasteiger charge is -2.49. The number of carbonyl (C=O) groups excluding carboxylic acids is 1. The van der Waals surface area contributed by atoms with E-state index in [-0.39, 0.29) is 18.0 Å². The van der Waals surface area contributed by atoms with Gasteiger partial charge in [0, 0.05) is 11.5 Å². The van der Waals surface area contributed by atoms with Gasteiger partial charge in [-0.1, -0.05) is 25.7 Å². The second-order valence-electron chi connectivity index (χ2n) is 6.23. The molecule has 2 saturated carbocycles. The van der Waals surface area contributed by atoms with Crippen LogP contribution in [0.25, 0.3) is 0 Å². The summed E-state index contributed by atoms with van der Waals surface area (Å²) in [5.74, 6) is 0.632. The zero-order chi connectivity index (χ0) is 12.2. The number of allylic oxidation sites excluding steroid dienone is 1. The second kappa shape index (κ2) is 3.47. The van der Waals surface area contributed by atoms with Gasteiger partial charge in [-0.15, -0.1) is 0 Å². The first-order chi connectivity index (χ1) is 8.01. The van der Waals surface area contributed by atoms with E-state index in [0.29, 0.717) is 16.9 Å². The fourth-order valence-electron chi connectivity index (χ4n) is 4.12. The summed E-state index contributed by atoms with van der Waals surface area (Å²) in [7, 11) is 0. The van der Waals surface area contributed by atoms with Crippen LogP contribution < -0.4 is 0 Å². The van der Waals surface area contributed by atoms with Crippen LogP contribution in [0.4, 0.5) is 0 Å².